The largest absolute Gasteiger partial charge is 0.370 e. The van der Waals surface area contributed by atoms with Crippen LogP contribution in [0.1, 0.15) is 71.6 Å². The molecule has 0 unspecified atom stereocenters. The zero-order valence-electron chi connectivity index (χ0n) is 13.1. The molecule has 2 heteroatoms. The molecule has 2 atom stereocenters. The second-order valence-corrected chi connectivity index (χ2v) is 5.74. The second-order valence-electron chi connectivity index (χ2n) is 5.74. The van der Waals surface area contributed by atoms with Gasteiger partial charge in [-0.1, -0.05) is 63.7 Å². The summed E-state index contributed by atoms with van der Waals surface area (Å²) in [6.45, 7) is 3.82. The molecule has 0 aromatic heterocycles. The van der Waals surface area contributed by atoms with Gasteiger partial charge < -0.3 is 4.74 Å². The SMILES string of the molecule is CCCCCCCC[C@H]1O[C@H]1CC/C=C\C=C/C(C)=O. The summed E-state index contributed by atoms with van der Waals surface area (Å²) in [6.07, 6.45) is 20.1. The third-order valence-corrected chi connectivity index (χ3v) is 3.73. The molecule has 1 fully saturated rings. The van der Waals surface area contributed by atoms with Crippen molar-refractivity contribution in [2.75, 3.05) is 0 Å². The van der Waals surface area contributed by atoms with E-state index in [-0.39, 0.29) is 5.78 Å². The Balaban J connectivity index is 1.89. The first-order chi connectivity index (χ1) is 9.74. The van der Waals surface area contributed by atoms with Crippen LogP contribution in [0.3, 0.4) is 0 Å². The first kappa shape index (κ1) is 17.2. The van der Waals surface area contributed by atoms with Crippen molar-refractivity contribution in [1.29, 1.82) is 0 Å². The lowest BCUT2D eigenvalue weighted by Gasteiger charge is -1.98. The average Bonchev–Trinajstić information content (AvgIpc) is 3.16. The Labute approximate surface area is 124 Å². The van der Waals surface area contributed by atoms with Gasteiger partial charge in [0.2, 0.25) is 0 Å². The molecule has 0 aromatic carbocycles. The molecular weight excluding hydrogens is 248 g/mol. The van der Waals surface area contributed by atoms with E-state index in [1.54, 1.807) is 13.0 Å². The lowest BCUT2D eigenvalue weighted by molar-refractivity contribution is -0.112. The van der Waals surface area contributed by atoms with Crippen LogP contribution in [-0.2, 0) is 9.53 Å². The summed E-state index contributed by atoms with van der Waals surface area (Å²) in [6, 6.07) is 0. The van der Waals surface area contributed by atoms with Crippen LogP contribution in [0.2, 0.25) is 0 Å². The maximum absolute atomic E-state index is 10.7. The third kappa shape index (κ3) is 9.08. The number of carbonyl (C=O) groups is 1. The maximum atomic E-state index is 10.7. The van der Waals surface area contributed by atoms with Crippen LogP contribution in [0, 0.1) is 0 Å². The van der Waals surface area contributed by atoms with Crippen molar-refractivity contribution in [1.82, 2.24) is 0 Å². The van der Waals surface area contributed by atoms with E-state index in [0.717, 1.165) is 12.8 Å². The lowest BCUT2D eigenvalue weighted by atomic mass is 10.1. The molecule has 1 saturated heterocycles. The minimum Gasteiger partial charge on any atom is -0.370 e. The number of carbonyl (C=O) groups excluding carboxylic acids is 1. The van der Waals surface area contributed by atoms with E-state index in [2.05, 4.69) is 13.0 Å². The smallest absolute Gasteiger partial charge is 0.152 e. The second kappa shape index (κ2) is 10.8. The molecule has 1 aliphatic rings. The van der Waals surface area contributed by atoms with Crippen LogP contribution in [0.4, 0.5) is 0 Å². The van der Waals surface area contributed by atoms with Crippen molar-refractivity contribution in [3.63, 3.8) is 0 Å². The number of rotatable bonds is 12. The highest BCUT2D eigenvalue weighted by Gasteiger charge is 2.36. The van der Waals surface area contributed by atoms with Gasteiger partial charge in [-0.05, 0) is 32.3 Å². The summed E-state index contributed by atoms with van der Waals surface area (Å²) in [5.41, 5.74) is 0. The fourth-order valence-electron chi connectivity index (χ4n) is 2.44. The number of ether oxygens (including phenoxy) is 1. The van der Waals surface area contributed by atoms with Crippen molar-refractivity contribution in [3.05, 3.63) is 24.3 Å². The Kier molecular flexibility index (Phi) is 9.31. The van der Waals surface area contributed by atoms with Gasteiger partial charge in [0.15, 0.2) is 5.78 Å². The summed E-state index contributed by atoms with van der Waals surface area (Å²) >= 11 is 0. The molecule has 0 radical (unpaired) electrons. The molecule has 0 aliphatic carbocycles. The van der Waals surface area contributed by atoms with E-state index in [1.165, 1.54) is 44.9 Å². The highest BCUT2D eigenvalue weighted by atomic mass is 16.6. The Hall–Kier alpha value is -0.890. The van der Waals surface area contributed by atoms with E-state index in [0.29, 0.717) is 12.2 Å². The zero-order valence-corrected chi connectivity index (χ0v) is 13.1. The van der Waals surface area contributed by atoms with Crippen molar-refractivity contribution in [2.24, 2.45) is 0 Å². The third-order valence-electron chi connectivity index (χ3n) is 3.73. The van der Waals surface area contributed by atoms with E-state index in [4.69, 9.17) is 4.74 Å². The molecule has 1 heterocycles. The van der Waals surface area contributed by atoms with Crippen LogP contribution in [0.5, 0.6) is 0 Å². The average molecular weight is 278 g/mol. The normalized spacial score (nSPS) is 21.9. The summed E-state index contributed by atoms with van der Waals surface area (Å²) in [4.78, 5) is 10.7. The summed E-state index contributed by atoms with van der Waals surface area (Å²) < 4.78 is 5.68. The van der Waals surface area contributed by atoms with Gasteiger partial charge in [0.05, 0.1) is 12.2 Å². The first-order valence-corrected chi connectivity index (χ1v) is 8.23. The van der Waals surface area contributed by atoms with Gasteiger partial charge in [0, 0.05) is 0 Å². The van der Waals surface area contributed by atoms with Gasteiger partial charge in [-0.25, -0.2) is 0 Å². The van der Waals surface area contributed by atoms with E-state index in [1.807, 2.05) is 12.2 Å². The molecular formula is C18H30O2. The van der Waals surface area contributed by atoms with Crippen LogP contribution in [0.15, 0.2) is 24.3 Å². The molecule has 1 rings (SSSR count). The predicted octanol–water partition coefficient (Wildman–Crippen LogP) is 4.99. The molecule has 114 valence electrons. The van der Waals surface area contributed by atoms with Gasteiger partial charge in [0.25, 0.3) is 0 Å². The number of hydrogen-bond donors (Lipinski definition) is 0. The van der Waals surface area contributed by atoms with Crippen LogP contribution in [-0.4, -0.2) is 18.0 Å². The first-order valence-electron chi connectivity index (χ1n) is 8.23. The molecule has 0 bridgehead atoms. The van der Waals surface area contributed by atoms with Crippen LogP contribution >= 0.6 is 0 Å². The molecule has 0 saturated carbocycles. The quantitative estimate of drug-likeness (QED) is 0.218. The predicted molar refractivity (Wildman–Crippen MR) is 84.8 cm³/mol. The van der Waals surface area contributed by atoms with Crippen LogP contribution in [0.25, 0.3) is 0 Å². The lowest BCUT2D eigenvalue weighted by Crippen LogP contribution is -1.93. The molecule has 20 heavy (non-hydrogen) atoms. The highest BCUT2D eigenvalue weighted by molar-refractivity contribution is 5.87. The summed E-state index contributed by atoms with van der Waals surface area (Å²) in [5.74, 6) is 0.0965. The Morgan fingerprint density at radius 3 is 2.45 bits per heavy atom. The number of epoxide rings is 1. The number of allylic oxidation sites excluding steroid dienone is 4. The highest BCUT2D eigenvalue weighted by Crippen LogP contribution is 2.31. The Bertz CT molecular complexity index is 317. The fourth-order valence-corrected chi connectivity index (χ4v) is 2.44. The Morgan fingerprint density at radius 1 is 1.00 bits per heavy atom. The summed E-state index contributed by atoms with van der Waals surface area (Å²) in [7, 11) is 0. The molecule has 1 aliphatic heterocycles. The summed E-state index contributed by atoms with van der Waals surface area (Å²) in [5, 5.41) is 0. The minimum absolute atomic E-state index is 0.0965. The number of hydrogen-bond acceptors (Lipinski definition) is 2. The number of unbranched alkanes of at least 4 members (excludes halogenated alkanes) is 5. The van der Waals surface area contributed by atoms with Crippen LogP contribution < -0.4 is 0 Å². The van der Waals surface area contributed by atoms with Gasteiger partial charge in [-0.3, -0.25) is 4.79 Å². The monoisotopic (exact) mass is 278 g/mol. The van der Waals surface area contributed by atoms with Crippen molar-refractivity contribution in [3.8, 4) is 0 Å². The van der Waals surface area contributed by atoms with Crippen molar-refractivity contribution >= 4 is 5.78 Å². The zero-order chi connectivity index (χ0) is 14.6. The van der Waals surface area contributed by atoms with E-state index >= 15 is 0 Å². The van der Waals surface area contributed by atoms with E-state index in [9.17, 15) is 4.79 Å². The molecule has 0 spiro atoms. The topological polar surface area (TPSA) is 29.6 Å². The van der Waals surface area contributed by atoms with Gasteiger partial charge in [-0.2, -0.15) is 0 Å². The molecule has 0 aromatic rings. The molecule has 0 N–H and O–H groups in total. The van der Waals surface area contributed by atoms with Gasteiger partial charge >= 0.3 is 0 Å². The van der Waals surface area contributed by atoms with Crippen molar-refractivity contribution < 1.29 is 9.53 Å². The van der Waals surface area contributed by atoms with Gasteiger partial charge in [-0.15, -0.1) is 0 Å². The van der Waals surface area contributed by atoms with E-state index < -0.39 is 0 Å². The molecule has 2 nitrogen and oxygen atoms in total. The van der Waals surface area contributed by atoms with Crippen molar-refractivity contribution in [2.45, 2.75) is 83.8 Å². The Morgan fingerprint density at radius 2 is 1.70 bits per heavy atom. The fraction of sp³-hybridized carbons (Fsp3) is 0.722. The molecule has 0 amide bonds. The minimum atomic E-state index is 0.0965. The maximum Gasteiger partial charge on any atom is 0.152 e. The standard InChI is InChI=1S/C18H30O2/c1-3-4-5-6-7-11-14-17-18(20-17)15-12-9-8-10-13-16(2)19/h8-10,13,17-18H,3-7,11-12,14-15H2,1-2H3/b9-8-,13-10-/t17-,18+/m1/s1. The number of ketones is 1. The van der Waals surface area contributed by atoms with Gasteiger partial charge in [0.1, 0.15) is 0 Å².